The topological polar surface area (TPSA) is 41.9 Å². The van der Waals surface area contributed by atoms with Crippen LogP contribution >= 0.6 is 0 Å². The molecule has 0 spiro atoms. The molecule has 0 saturated carbocycles. The van der Waals surface area contributed by atoms with Crippen molar-refractivity contribution in [1.82, 2.24) is 15.0 Å². The summed E-state index contributed by atoms with van der Waals surface area (Å²) in [6, 6.07) is 15.3. The van der Waals surface area contributed by atoms with Gasteiger partial charge in [-0.25, -0.2) is 0 Å². The van der Waals surface area contributed by atoms with Crippen molar-refractivity contribution in [3.05, 3.63) is 84.4 Å². The van der Waals surface area contributed by atoms with E-state index in [4.69, 9.17) is 0 Å². The Labute approximate surface area is 171 Å². The normalized spacial score (nSPS) is 14.7. The average molecular weight is 406 g/mol. The smallest absolute Gasteiger partial charge is 0.369 e. The molecule has 150 valence electrons. The maximum Gasteiger partial charge on any atom is 0.416 e. The van der Waals surface area contributed by atoms with Gasteiger partial charge < -0.3 is 4.90 Å². The summed E-state index contributed by atoms with van der Waals surface area (Å²) in [6.45, 7) is 1.43. The summed E-state index contributed by atoms with van der Waals surface area (Å²) in [6.07, 6.45) is 0.563. The molecule has 2 aromatic carbocycles. The Morgan fingerprint density at radius 3 is 2.50 bits per heavy atom. The fourth-order valence-electron chi connectivity index (χ4n) is 3.81. The Kier molecular flexibility index (Phi) is 4.38. The molecule has 2 aromatic heterocycles. The van der Waals surface area contributed by atoms with Gasteiger partial charge in [-0.05, 0) is 24.3 Å². The molecule has 0 aliphatic carbocycles. The lowest BCUT2D eigenvalue weighted by atomic mass is 9.91. The van der Waals surface area contributed by atoms with Gasteiger partial charge in [0.1, 0.15) is 0 Å². The fraction of sp³-hybridized carbons (Fsp3) is 0.174. The number of alkyl halides is 3. The van der Waals surface area contributed by atoms with Crippen molar-refractivity contribution < 1.29 is 13.2 Å². The summed E-state index contributed by atoms with van der Waals surface area (Å²) < 4.78 is 39.4. The maximum atomic E-state index is 13.1. The minimum Gasteiger partial charge on any atom is -0.369 e. The summed E-state index contributed by atoms with van der Waals surface area (Å²) >= 11 is 0. The van der Waals surface area contributed by atoms with Gasteiger partial charge in [-0.2, -0.15) is 13.2 Å². The van der Waals surface area contributed by atoms with E-state index < -0.39 is 11.7 Å². The van der Waals surface area contributed by atoms with Gasteiger partial charge in [-0.1, -0.05) is 30.3 Å². The molecule has 1 aliphatic rings. The van der Waals surface area contributed by atoms with Crippen molar-refractivity contribution in [2.75, 3.05) is 18.0 Å². The highest BCUT2D eigenvalue weighted by Gasteiger charge is 2.33. The largest absolute Gasteiger partial charge is 0.416 e. The van der Waals surface area contributed by atoms with Crippen LogP contribution in [0.15, 0.2) is 73.2 Å². The zero-order valence-electron chi connectivity index (χ0n) is 15.8. The predicted molar refractivity (Wildman–Crippen MR) is 109 cm³/mol. The van der Waals surface area contributed by atoms with Crippen molar-refractivity contribution >= 4 is 16.6 Å². The second-order valence-electron chi connectivity index (χ2n) is 7.36. The molecule has 0 atom stereocenters. The number of hydrogen-bond donors (Lipinski definition) is 0. The van der Waals surface area contributed by atoms with Crippen molar-refractivity contribution in [2.45, 2.75) is 12.1 Å². The number of anilines is 1. The third-order valence-corrected chi connectivity index (χ3v) is 5.40. The van der Waals surface area contributed by atoms with E-state index in [1.165, 1.54) is 12.3 Å². The van der Waals surface area contributed by atoms with Crippen LogP contribution in [0.5, 0.6) is 0 Å². The molecular weight excluding hydrogens is 389 g/mol. The number of nitrogens with zero attached hydrogens (tertiary/aromatic N) is 4. The molecule has 1 saturated heterocycles. The van der Waals surface area contributed by atoms with Crippen molar-refractivity contribution in [3.8, 4) is 11.3 Å². The summed E-state index contributed by atoms with van der Waals surface area (Å²) in [5.74, 6) is 0.0923. The van der Waals surface area contributed by atoms with E-state index in [-0.39, 0.29) is 5.92 Å². The summed E-state index contributed by atoms with van der Waals surface area (Å²) in [4.78, 5) is 15.5. The van der Waals surface area contributed by atoms with E-state index in [2.05, 4.69) is 25.9 Å². The van der Waals surface area contributed by atoms with Crippen LogP contribution < -0.4 is 4.90 Å². The quantitative estimate of drug-likeness (QED) is 0.462. The highest BCUT2D eigenvalue weighted by molar-refractivity contribution is 5.82. The molecule has 0 radical (unpaired) electrons. The van der Waals surface area contributed by atoms with Gasteiger partial charge in [0.2, 0.25) is 0 Å². The SMILES string of the molecule is FC(F)(F)c1cccc(-c2nccnc2C2CN(c3cnc4ccccc4c3)C2)c1. The summed E-state index contributed by atoms with van der Waals surface area (Å²) in [7, 11) is 0. The lowest BCUT2D eigenvalue weighted by molar-refractivity contribution is -0.137. The molecule has 0 amide bonds. The molecule has 0 unspecified atom stereocenters. The third kappa shape index (κ3) is 3.36. The molecule has 0 bridgehead atoms. The monoisotopic (exact) mass is 406 g/mol. The van der Waals surface area contributed by atoms with Gasteiger partial charge in [0.15, 0.2) is 0 Å². The van der Waals surface area contributed by atoms with Crippen LogP contribution in [0.1, 0.15) is 17.2 Å². The Bertz CT molecular complexity index is 1220. The van der Waals surface area contributed by atoms with Gasteiger partial charge >= 0.3 is 6.18 Å². The number of benzene rings is 2. The third-order valence-electron chi connectivity index (χ3n) is 5.40. The number of fused-ring (bicyclic) bond motifs is 1. The first-order valence-corrected chi connectivity index (χ1v) is 9.57. The van der Waals surface area contributed by atoms with E-state index in [1.807, 2.05) is 30.5 Å². The predicted octanol–water partition coefficient (Wildman–Crippen LogP) is 5.31. The molecule has 30 heavy (non-hydrogen) atoms. The van der Waals surface area contributed by atoms with Crippen molar-refractivity contribution in [2.24, 2.45) is 0 Å². The summed E-state index contributed by atoms with van der Waals surface area (Å²) in [5, 5.41) is 1.07. The van der Waals surface area contributed by atoms with Crippen LogP contribution in [0.25, 0.3) is 22.2 Å². The van der Waals surface area contributed by atoms with Crippen molar-refractivity contribution in [3.63, 3.8) is 0 Å². The molecule has 1 aliphatic heterocycles. The highest BCUT2D eigenvalue weighted by Crippen LogP contribution is 2.37. The Balaban J connectivity index is 1.41. The highest BCUT2D eigenvalue weighted by atomic mass is 19.4. The molecular formula is C23H17F3N4. The lowest BCUT2D eigenvalue weighted by Gasteiger charge is -2.41. The van der Waals surface area contributed by atoms with E-state index >= 15 is 0 Å². The molecule has 7 heteroatoms. The molecule has 3 heterocycles. The van der Waals surface area contributed by atoms with Gasteiger partial charge in [0, 0.05) is 42.4 Å². The molecule has 1 fully saturated rings. The van der Waals surface area contributed by atoms with E-state index in [0.717, 1.165) is 34.4 Å². The second kappa shape index (κ2) is 7.09. The molecule has 0 N–H and O–H groups in total. The maximum absolute atomic E-state index is 13.1. The molecule has 4 aromatic rings. The first-order chi connectivity index (χ1) is 14.5. The number of hydrogen-bond acceptors (Lipinski definition) is 4. The Morgan fingerprint density at radius 2 is 1.67 bits per heavy atom. The minimum absolute atomic E-state index is 0.0923. The van der Waals surface area contributed by atoms with Crippen LogP contribution in [0, 0.1) is 0 Å². The van der Waals surface area contributed by atoms with E-state index in [0.29, 0.717) is 24.3 Å². The van der Waals surface area contributed by atoms with Crippen LogP contribution in [-0.2, 0) is 6.18 Å². The first kappa shape index (κ1) is 18.5. The summed E-state index contributed by atoms with van der Waals surface area (Å²) in [5.41, 5.74) is 2.94. The first-order valence-electron chi connectivity index (χ1n) is 9.57. The molecule has 4 nitrogen and oxygen atoms in total. The van der Waals surface area contributed by atoms with E-state index in [9.17, 15) is 13.2 Å². The zero-order valence-corrected chi connectivity index (χ0v) is 15.8. The lowest BCUT2D eigenvalue weighted by Crippen LogP contribution is -2.45. The minimum atomic E-state index is -4.39. The van der Waals surface area contributed by atoms with Crippen LogP contribution in [0.2, 0.25) is 0 Å². The number of para-hydroxylation sites is 1. The second-order valence-corrected chi connectivity index (χ2v) is 7.36. The van der Waals surface area contributed by atoms with E-state index in [1.54, 1.807) is 12.3 Å². The molecule has 5 rings (SSSR count). The van der Waals surface area contributed by atoms with Crippen LogP contribution in [0.4, 0.5) is 18.9 Å². The average Bonchev–Trinajstić information content (AvgIpc) is 2.72. The Hall–Kier alpha value is -3.48. The van der Waals surface area contributed by atoms with Crippen LogP contribution in [0.3, 0.4) is 0 Å². The number of pyridine rings is 1. The van der Waals surface area contributed by atoms with Crippen LogP contribution in [-0.4, -0.2) is 28.0 Å². The number of rotatable bonds is 3. The number of halogens is 3. The Morgan fingerprint density at radius 1 is 0.867 bits per heavy atom. The fourth-order valence-corrected chi connectivity index (χ4v) is 3.81. The van der Waals surface area contributed by atoms with Crippen molar-refractivity contribution in [1.29, 1.82) is 0 Å². The van der Waals surface area contributed by atoms with Gasteiger partial charge in [0.25, 0.3) is 0 Å². The van der Waals surface area contributed by atoms with Gasteiger partial charge in [-0.3, -0.25) is 15.0 Å². The van der Waals surface area contributed by atoms with Gasteiger partial charge in [-0.15, -0.1) is 0 Å². The van der Waals surface area contributed by atoms with Gasteiger partial charge in [0.05, 0.1) is 34.4 Å². The number of aromatic nitrogens is 3. The zero-order chi connectivity index (χ0) is 20.7. The standard InChI is InChI=1S/C23H17F3N4/c24-23(25,26)18-6-3-5-16(10-18)21-22(28-9-8-27-21)17-13-30(14-17)19-11-15-4-1-2-7-20(15)29-12-19/h1-12,17H,13-14H2.